The lowest BCUT2D eigenvalue weighted by Gasteiger charge is -2.12. The van der Waals surface area contributed by atoms with Crippen molar-refractivity contribution in [3.05, 3.63) is 0 Å². The maximum Gasteiger partial charge on any atom is 0.472 e. The van der Waals surface area contributed by atoms with Gasteiger partial charge in [0.1, 0.15) is 0 Å². The molecule has 0 radical (unpaired) electrons. The van der Waals surface area contributed by atoms with Gasteiger partial charge in [-0.25, -0.2) is 4.57 Å². The van der Waals surface area contributed by atoms with Crippen molar-refractivity contribution in [3.8, 4) is 0 Å². The average Bonchev–Trinajstić information content (AvgIpc) is 2.37. The minimum absolute atomic E-state index is 0.305. The third-order valence-corrected chi connectivity index (χ3v) is 4.38. The van der Waals surface area contributed by atoms with E-state index in [-0.39, 0.29) is 0 Å². The molecule has 1 N–H and O–H groups in total. The molecule has 0 aliphatic heterocycles. The van der Waals surface area contributed by atoms with Crippen LogP contribution in [0.4, 0.5) is 0 Å². The highest BCUT2D eigenvalue weighted by Gasteiger charge is 2.19. The van der Waals surface area contributed by atoms with Gasteiger partial charge in [-0.2, -0.15) is 0 Å². The summed E-state index contributed by atoms with van der Waals surface area (Å²) in [5.41, 5.74) is 0. The molecule has 21 heavy (non-hydrogen) atoms. The van der Waals surface area contributed by atoms with Crippen molar-refractivity contribution in [1.82, 2.24) is 0 Å². The number of hydrogen-bond donors (Lipinski definition) is 1. The van der Waals surface area contributed by atoms with Crippen molar-refractivity contribution in [1.29, 1.82) is 0 Å². The Morgan fingerprint density at radius 3 is 1.48 bits per heavy atom. The number of rotatable bonds is 14. The van der Waals surface area contributed by atoms with Crippen LogP contribution in [0.5, 0.6) is 0 Å². The molecule has 0 saturated carbocycles. The second-order valence-electron chi connectivity index (χ2n) is 6.62. The summed E-state index contributed by atoms with van der Waals surface area (Å²) in [5.74, 6) is 1.43. The Kier molecular flexibility index (Phi) is 12.7. The molecule has 0 aliphatic rings. The third kappa shape index (κ3) is 16.3. The topological polar surface area (TPSA) is 55.8 Å². The molecule has 0 heterocycles. The van der Waals surface area contributed by atoms with Gasteiger partial charge in [0.2, 0.25) is 0 Å². The summed E-state index contributed by atoms with van der Waals surface area (Å²) >= 11 is 0. The molecule has 0 bridgehead atoms. The molecular weight excluding hydrogens is 287 g/mol. The molecule has 0 aliphatic carbocycles. The molecule has 0 rings (SSSR count). The van der Waals surface area contributed by atoms with Crippen LogP contribution in [0.25, 0.3) is 0 Å². The Balaban J connectivity index is 3.45. The summed E-state index contributed by atoms with van der Waals surface area (Å²) in [7, 11) is -3.83. The lowest BCUT2D eigenvalue weighted by atomic mass is 10.1. The van der Waals surface area contributed by atoms with Crippen LogP contribution in [0, 0.1) is 11.8 Å². The summed E-state index contributed by atoms with van der Waals surface area (Å²) in [4.78, 5) is 9.52. The molecule has 0 saturated heterocycles. The van der Waals surface area contributed by atoms with E-state index in [0.29, 0.717) is 25.0 Å². The van der Waals surface area contributed by atoms with E-state index < -0.39 is 7.82 Å². The number of phosphoric acid groups is 1. The Morgan fingerprint density at radius 2 is 1.14 bits per heavy atom. The van der Waals surface area contributed by atoms with Crippen LogP contribution in [0.15, 0.2) is 0 Å². The first-order chi connectivity index (χ1) is 9.83. The lowest BCUT2D eigenvalue weighted by molar-refractivity contribution is 0.145. The van der Waals surface area contributed by atoms with Crippen molar-refractivity contribution in [2.24, 2.45) is 11.8 Å². The number of phosphoric ester groups is 1. The van der Waals surface area contributed by atoms with Crippen molar-refractivity contribution >= 4 is 7.82 Å². The average molecular weight is 322 g/mol. The zero-order valence-corrected chi connectivity index (χ0v) is 15.2. The van der Waals surface area contributed by atoms with Crippen molar-refractivity contribution < 1.29 is 18.5 Å². The van der Waals surface area contributed by atoms with E-state index in [0.717, 1.165) is 38.5 Å². The maximum atomic E-state index is 11.6. The van der Waals surface area contributed by atoms with Gasteiger partial charge in [-0.3, -0.25) is 9.05 Å². The molecule has 5 heteroatoms. The van der Waals surface area contributed by atoms with Gasteiger partial charge in [-0.1, -0.05) is 66.2 Å². The normalized spacial score (nSPS) is 12.5. The highest BCUT2D eigenvalue weighted by molar-refractivity contribution is 7.47. The highest BCUT2D eigenvalue weighted by Crippen LogP contribution is 2.43. The molecule has 0 fully saturated rings. The molecule has 0 aromatic rings. The Hall–Kier alpha value is 0.110. The molecule has 0 unspecified atom stereocenters. The van der Waals surface area contributed by atoms with Crippen LogP contribution in [0.3, 0.4) is 0 Å². The Morgan fingerprint density at radius 1 is 0.762 bits per heavy atom. The summed E-state index contributed by atoms with van der Waals surface area (Å²) < 4.78 is 21.5. The van der Waals surface area contributed by atoms with Crippen LogP contribution in [0.2, 0.25) is 0 Å². The second kappa shape index (κ2) is 12.6. The van der Waals surface area contributed by atoms with Crippen LogP contribution in [0.1, 0.15) is 79.1 Å². The van der Waals surface area contributed by atoms with E-state index >= 15 is 0 Å². The molecule has 0 aromatic heterocycles. The first kappa shape index (κ1) is 21.1. The smallest absolute Gasteiger partial charge is 0.302 e. The molecule has 0 amide bonds. The van der Waals surface area contributed by atoms with E-state index in [1.807, 2.05) is 0 Å². The van der Waals surface area contributed by atoms with E-state index in [1.54, 1.807) is 0 Å². The zero-order chi connectivity index (χ0) is 16.1. The van der Waals surface area contributed by atoms with Gasteiger partial charge in [-0.15, -0.1) is 0 Å². The number of hydrogen-bond acceptors (Lipinski definition) is 3. The van der Waals surface area contributed by atoms with Crippen molar-refractivity contribution in [2.45, 2.75) is 79.1 Å². The maximum absolute atomic E-state index is 11.6. The SMILES string of the molecule is CC(C)CCCCCOP(=O)(O)OCCCCCC(C)C. The first-order valence-electron chi connectivity index (χ1n) is 8.45. The van der Waals surface area contributed by atoms with Crippen LogP contribution in [-0.2, 0) is 13.6 Å². The Labute approximate surface area is 131 Å². The van der Waals surface area contributed by atoms with E-state index in [2.05, 4.69) is 27.7 Å². The molecular formula is C16H35O4P. The van der Waals surface area contributed by atoms with Gasteiger partial charge in [0.25, 0.3) is 0 Å². The van der Waals surface area contributed by atoms with Gasteiger partial charge in [0.15, 0.2) is 0 Å². The minimum Gasteiger partial charge on any atom is -0.302 e. The van der Waals surface area contributed by atoms with Gasteiger partial charge >= 0.3 is 7.82 Å². The molecule has 0 aromatic carbocycles. The zero-order valence-electron chi connectivity index (χ0n) is 14.3. The van der Waals surface area contributed by atoms with E-state index in [1.165, 1.54) is 12.8 Å². The van der Waals surface area contributed by atoms with Gasteiger partial charge < -0.3 is 4.89 Å². The fourth-order valence-corrected chi connectivity index (χ4v) is 2.85. The first-order valence-corrected chi connectivity index (χ1v) is 9.95. The fraction of sp³-hybridized carbons (Fsp3) is 1.00. The van der Waals surface area contributed by atoms with Crippen molar-refractivity contribution in [3.63, 3.8) is 0 Å². The molecule has 0 spiro atoms. The minimum atomic E-state index is -3.83. The summed E-state index contributed by atoms with van der Waals surface area (Å²) in [6, 6.07) is 0. The fourth-order valence-electron chi connectivity index (χ4n) is 2.06. The van der Waals surface area contributed by atoms with E-state index in [9.17, 15) is 9.46 Å². The van der Waals surface area contributed by atoms with E-state index in [4.69, 9.17) is 9.05 Å². The molecule has 0 atom stereocenters. The molecule has 128 valence electrons. The van der Waals surface area contributed by atoms with Gasteiger partial charge in [0.05, 0.1) is 13.2 Å². The summed E-state index contributed by atoms with van der Waals surface area (Å²) in [6.45, 7) is 9.42. The van der Waals surface area contributed by atoms with Gasteiger partial charge in [0, 0.05) is 0 Å². The highest BCUT2D eigenvalue weighted by atomic mass is 31.2. The molecule has 4 nitrogen and oxygen atoms in total. The predicted octanol–water partition coefficient (Wildman–Crippen LogP) is 5.55. The monoisotopic (exact) mass is 322 g/mol. The standard InChI is InChI=1S/C16H35O4P/c1-15(2)11-7-5-9-13-19-21(17,18)20-14-10-6-8-12-16(3)4/h15-16H,5-14H2,1-4H3,(H,17,18). The summed E-state index contributed by atoms with van der Waals surface area (Å²) in [5, 5.41) is 0. The lowest BCUT2D eigenvalue weighted by Crippen LogP contribution is -1.99. The van der Waals surface area contributed by atoms with Crippen molar-refractivity contribution in [2.75, 3.05) is 13.2 Å². The van der Waals surface area contributed by atoms with Gasteiger partial charge in [-0.05, 0) is 24.7 Å². The summed E-state index contributed by atoms with van der Waals surface area (Å²) in [6.07, 6.45) is 8.39. The largest absolute Gasteiger partial charge is 0.472 e. The van der Waals surface area contributed by atoms with Crippen LogP contribution >= 0.6 is 7.82 Å². The Bertz CT molecular complexity index is 255. The predicted molar refractivity (Wildman–Crippen MR) is 88.3 cm³/mol. The van der Waals surface area contributed by atoms with Crippen LogP contribution in [-0.4, -0.2) is 18.1 Å². The third-order valence-electron chi connectivity index (χ3n) is 3.36. The number of unbranched alkanes of at least 4 members (excludes halogenated alkanes) is 4. The second-order valence-corrected chi connectivity index (χ2v) is 8.07. The van der Waals surface area contributed by atoms with Crippen LogP contribution < -0.4 is 0 Å². The quantitative estimate of drug-likeness (QED) is 0.336.